The van der Waals surface area contributed by atoms with E-state index in [2.05, 4.69) is 204 Å². The van der Waals surface area contributed by atoms with Crippen molar-refractivity contribution in [2.75, 3.05) is 4.90 Å². The van der Waals surface area contributed by atoms with E-state index in [1.165, 1.54) is 21.7 Å². The van der Waals surface area contributed by atoms with Crippen molar-refractivity contribution in [1.82, 2.24) is 4.57 Å². The van der Waals surface area contributed by atoms with Gasteiger partial charge in [-0.15, -0.1) is 0 Å². The average molecular weight is 759 g/mol. The summed E-state index contributed by atoms with van der Waals surface area (Å²) >= 11 is 0. The molecule has 0 bridgehead atoms. The number of benzene rings is 8. The topological polar surface area (TPSA) is 34.5 Å². The summed E-state index contributed by atoms with van der Waals surface area (Å²) in [5.41, 5.74) is 15.0. The molecule has 3 heterocycles. The fourth-order valence-electron chi connectivity index (χ4n) is 9.52. The molecule has 0 fully saturated rings. The third-order valence-corrected chi connectivity index (χ3v) is 12.2. The summed E-state index contributed by atoms with van der Waals surface area (Å²) in [7, 11) is 0. The summed E-state index contributed by atoms with van der Waals surface area (Å²) in [5, 5.41) is 6.90. The van der Waals surface area contributed by atoms with Gasteiger partial charge in [0.2, 0.25) is 0 Å². The molecule has 0 aliphatic heterocycles. The molecule has 4 heteroatoms. The first-order valence-electron chi connectivity index (χ1n) is 20.4. The van der Waals surface area contributed by atoms with E-state index >= 15 is 0 Å². The van der Waals surface area contributed by atoms with E-state index in [-0.39, 0.29) is 5.92 Å². The van der Waals surface area contributed by atoms with Gasteiger partial charge in [-0.2, -0.15) is 0 Å². The van der Waals surface area contributed by atoms with E-state index in [9.17, 15) is 0 Å². The Morgan fingerprint density at radius 3 is 1.92 bits per heavy atom. The predicted molar refractivity (Wildman–Crippen MR) is 244 cm³/mol. The van der Waals surface area contributed by atoms with Crippen LogP contribution in [-0.4, -0.2) is 4.57 Å². The summed E-state index contributed by atoms with van der Waals surface area (Å²) in [4.78, 5) is 2.29. The minimum atomic E-state index is 0.266. The van der Waals surface area contributed by atoms with Gasteiger partial charge in [0.05, 0.1) is 16.4 Å². The molecule has 0 radical (unpaired) electrons. The maximum atomic E-state index is 7.11. The van der Waals surface area contributed by atoms with Gasteiger partial charge in [-0.1, -0.05) is 128 Å². The number of furan rings is 2. The molecule has 1 aliphatic carbocycles. The van der Waals surface area contributed by atoms with Gasteiger partial charge in [0.1, 0.15) is 22.2 Å². The van der Waals surface area contributed by atoms with Crippen molar-refractivity contribution < 1.29 is 8.83 Å². The molecule has 11 aromatic rings. The molecule has 280 valence electrons. The molecular weight excluding hydrogens is 721 g/mol. The number of hydrogen-bond donors (Lipinski definition) is 0. The van der Waals surface area contributed by atoms with Crippen molar-refractivity contribution in [3.05, 3.63) is 204 Å². The van der Waals surface area contributed by atoms with Crippen LogP contribution in [0, 0.1) is 5.92 Å². The van der Waals surface area contributed by atoms with Gasteiger partial charge in [0.25, 0.3) is 0 Å². The molecule has 8 aromatic carbocycles. The van der Waals surface area contributed by atoms with Gasteiger partial charge in [-0.05, 0) is 96.3 Å². The Kier molecular flexibility index (Phi) is 7.54. The van der Waals surface area contributed by atoms with Crippen LogP contribution in [0.15, 0.2) is 197 Å². The molecule has 0 saturated carbocycles. The number of nitrogens with zero attached hydrogens (tertiary/aromatic N) is 2. The van der Waals surface area contributed by atoms with E-state index < -0.39 is 0 Å². The highest BCUT2D eigenvalue weighted by atomic mass is 16.3. The smallest absolute Gasteiger partial charge is 0.145 e. The van der Waals surface area contributed by atoms with Crippen molar-refractivity contribution in [3.8, 4) is 16.8 Å². The Labute approximate surface area is 340 Å². The highest BCUT2D eigenvalue weighted by Crippen LogP contribution is 2.42. The highest BCUT2D eigenvalue weighted by molar-refractivity contribution is 6.24. The van der Waals surface area contributed by atoms with Crippen molar-refractivity contribution in [3.63, 3.8) is 0 Å². The molecule has 1 unspecified atom stereocenters. The monoisotopic (exact) mass is 758 g/mol. The van der Waals surface area contributed by atoms with Gasteiger partial charge in [-0.3, -0.25) is 0 Å². The summed E-state index contributed by atoms with van der Waals surface area (Å²) < 4.78 is 16.1. The first-order valence-corrected chi connectivity index (χ1v) is 20.4. The maximum Gasteiger partial charge on any atom is 0.145 e. The number of aromatic nitrogens is 1. The Balaban J connectivity index is 1.03. The molecule has 4 nitrogen and oxygen atoms in total. The van der Waals surface area contributed by atoms with Crippen molar-refractivity contribution in [1.29, 1.82) is 0 Å². The summed E-state index contributed by atoms with van der Waals surface area (Å²) in [6, 6.07) is 66.9. The number of fused-ring (bicyclic) bond motifs is 10. The third kappa shape index (κ3) is 5.23. The van der Waals surface area contributed by atoms with Crippen LogP contribution in [0.25, 0.3) is 83.2 Å². The molecule has 0 amide bonds. The molecule has 1 aliphatic rings. The predicted octanol–water partition coefficient (Wildman–Crippen LogP) is 13.6. The Morgan fingerprint density at radius 2 is 1.15 bits per heavy atom. The fraction of sp³-hybridized carbons (Fsp3) is 0.0545. The molecule has 1 atom stereocenters. The van der Waals surface area contributed by atoms with E-state index in [1.807, 2.05) is 6.07 Å². The SMILES string of the molecule is CC1CC=c2c(oc3c(-c4ccc(N(c5ccccc5)c5ccccc5)cc4)cccc23)=C1c1ccc2c3c4oc5ccccc5c4ccc3n(-c3ccccc3)c2c1. The van der Waals surface area contributed by atoms with Gasteiger partial charge in [-0.25, -0.2) is 0 Å². The zero-order chi connectivity index (χ0) is 39.0. The molecule has 0 spiro atoms. The lowest BCUT2D eigenvalue weighted by Crippen LogP contribution is -2.29. The van der Waals surface area contributed by atoms with Crippen molar-refractivity contribution in [2.45, 2.75) is 13.3 Å². The summed E-state index contributed by atoms with van der Waals surface area (Å²) in [6.07, 6.45) is 3.31. The van der Waals surface area contributed by atoms with Crippen LogP contribution in [0.5, 0.6) is 0 Å². The lowest BCUT2D eigenvalue weighted by Gasteiger charge is -2.25. The number of para-hydroxylation sites is 5. The minimum Gasteiger partial charge on any atom is -0.455 e. The molecule has 12 rings (SSSR count). The second-order valence-electron chi connectivity index (χ2n) is 15.7. The van der Waals surface area contributed by atoms with Crippen molar-refractivity contribution >= 4 is 83.4 Å². The van der Waals surface area contributed by atoms with Crippen LogP contribution in [0.3, 0.4) is 0 Å². The van der Waals surface area contributed by atoms with Gasteiger partial charge in [0.15, 0.2) is 0 Å². The fourth-order valence-corrected chi connectivity index (χ4v) is 9.52. The number of hydrogen-bond acceptors (Lipinski definition) is 3. The van der Waals surface area contributed by atoms with E-state index in [4.69, 9.17) is 8.83 Å². The van der Waals surface area contributed by atoms with Gasteiger partial charge < -0.3 is 18.3 Å². The van der Waals surface area contributed by atoms with E-state index in [0.717, 1.165) is 95.0 Å². The number of anilines is 3. The van der Waals surface area contributed by atoms with Crippen LogP contribution in [0.1, 0.15) is 18.9 Å². The molecule has 0 N–H and O–H groups in total. The van der Waals surface area contributed by atoms with Crippen LogP contribution in [-0.2, 0) is 0 Å². The quantitative estimate of drug-likeness (QED) is 0.169. The van der Waals surface area contributed by atoms with E-state index in [1.54, 1.807) is 0 Å². The molecule has 59 heavy (non-hydrogen) atoms. The summed E-state index contributed by atoms with van der Waals surface area (Å²) in [6.45, 7) is 2.32. The van der Waals surface area contributed by atoms with Gasteiger partial charge in [0, 0.05) is 60.6 Å². The Hall–Kier alpha value is -7.56. The van der Waals surface area contributed by atoms with Crippen LogP contribution in [0.2, 0.25) is 0 Å². The zero-order valence-electron chi connectivity index (χ0n) is 32.5. The average Bonchev–Trinajstić information content (AvgIpc) is 3.97. The Bertz CT molecular complexity index is 3480. The highest BCUT2D eigenvalue weighted by Gasteiger charge is 2.24. The molecular formula is C55H38N2O2. The minimum absolute atomic E-state index is 0.266. The molecule has 0 saturated heterocycles. The lowest BCUT2D eigenvalue weighted by atomic mass is 9.87. The van der Waals surface area contributed by atoms with Crippen LogP contribution < -0.4 is 15.5 Å². The molecule has 3 aromatic heterocycles. The largest absolute Gasteiger partial charge is 0.455 e. The Morgan fingerprint density at radius 1 is 0.508 bits per heavy atom. The van der Waals surface area contributed by atoms with Crippen molar-refractivity contribution in [2.24, 2.45) is 5.92 Å². The standard InChI is InChI=1S/C55H38N2O2/c1-35-24-30-46-44-22-13-21-42(36-25-28-41(29-26-36)56(38-14-5-2-6-15-38)39-16-7-3-8-17-39)53(44)59-54(46)51(35)37-27-31-47-49(34-37)57(40-18-9-4-10-19-40)48-33-32-45-43-20-11-12-23-50(43)58-55(45)52(47)48/h2-23,25-35H,24H2,1H3. The second kappa shape index (κ2) is 13.3. The maximum absolute atomic E-state index is 7.11. The first kappa shape index (κ1) is 33.6. The zero-order valence-corrected chi connectivity index (χ0v) is 32.5. The van der Waals surface area contributed by atoms with Crippen LogP contribution in [0.4, 0.5) is 17.1 Å². The second-order valence-corrected chi connectivity index (χ2v) is 15.7. The van der Waals surface area contributed by atoms with Gasteiger partial charge >= 0.3 is 0 Å². The lowest BCUT2D eigenvalue weighted by molar-refractivity contribution is 0.560. The summed E-state index contributed by atoms with van der Waals surface area (Å²) in [5.74, 6) is 0.266. The number of rotatable bonds is 6. The van der Waals surface area contributed by atoms with Crippen LogP contribution >= 0.6 is 0 Å². The first-order chi connectivity index (χ1) is 29.2. The third-order valence-electron chi connectivity index (χ3n) is 12.2. The normalized spacial score (nSPS) is 14.1. The van der Waals surface area contributed by atoms with E-state index in [0.29, 0.717) is 0 Å².